The predicted molar refractivity (Wildman–Crippen MR) is 91.2 cm³/mol. The third kappa shape index (κ3) is 5.58. The fourth-order valence-corrected chi connectivity index (χ4v) is 2.18. The van der Waals surface area contributed by atoms with Gasteiger partial charge in [0.15, 0.2) is 0 Å². The first-order valence-corrected chi connectivity index (χ1v) is 8.15. The van der Waals surface area contributed by atoms with Crippen LogP contribution in [0, 0.1) is 0 Å². The van der Waals surface area contributed by atoms with Crippen molar-refractivity contribution < 1.29 is 14.3 Å². The maximum Gasteiger partial charge on any atom is 0.242 e. The van der Waals surface area contributed by atoms with Gasteiger partial charge in [-0.15, -0.1) is 0 Å². The van der Waals surface area contributed by atoms with Gasteiger partial charge in [0.05, 0.1) is 7.11 Å². The van der Waals surface area contributed by atoms with Gasteiger partial charge in [-0.3, -0.25) is 9.59 Å². The summed E-state index contributed by atoms with van der Waals surface area (Å²) in [7, 11) is 1.61. The van der Waals surface area contributed by atoms with E-state index >= 15 is 0 Å². The van der Waals surface area contributed by atoms with Gasteiger partial charge in [0.1, 0.15) is 11.8 Å². The molecule has 0 radical (unpaired) electrons. The highest BCUT2D eigenvalue weighted by Crippen LogP contribution is 2.15. The largest absolute Gasteiger partial charge is 0.497 e. The van der Waals surface area contributed by atoms with Gasteiger partial charge < -0.3 is 15.0 Å². The highest BCUT2D eigenvalue weighted by molar-refractivity contribution is 5.87. The highest BCUT2D eigenvalue weighted by atomic mass is 16.5. The summed E-state index contributed by atoms with van der Waals surface area (Å²) >= 11 is 0. The van der Waals surface area contributed by atoms with Crippen LogP contribution in [-0.4, -0.2) is 35.9 Å². The minimum absolute atomic E-state index is 0.0346. The second-order valence-corrected chi connectivity index (χ2v) is 5.72. The molecule has 0 saturated heterocycles. The monoisotopic (exact) mass is 320 g/mol. The molecule has 0 bridgehead atoms. The van der Waals surface area contributed by atoms with Crippen molar-refractivity contribution in [2.24, 2.45) is 0 Å². The van der Waals surface area contributed by atoms with E-state index < -0.39 is 6.04 Å². The number of nitrogens with zero attached hydrogens (tertiary/aromatic N) is 1. The Kier molecular flexibility index (Phi) is 7.59. The maximum absolute atomic E-state index is 12.3. The second kappa shape index (κ2) is 9.18. The number of hydrogen-bond donors (Lipinski definition) is 1. The normalized spacial score (nSPS) is 13.1. The molecule has 0 heterocycles. The molecule has 1 rings (SSSR count). The van der Waals surface area contributed by atoms with E-state index in [1.807, 2.05) is 45.0 Å². The van der Waals surface area contributed by atoms with Gasteiger partial charge in [0.2, 0.25) is 11.8 Å². The van der Waals surface area contributed by atoms with Crippen LogP contribution < -0.4 is 10.1 Å². The number of methoxy groups -OCH3 is 1. The first kappa shape index (κ1) is 19.0. The van der Waals surface area contributed by atoms with Crippen LogP contribution in [0.1, 0.15) is 46.1 Å². The number of carbonyl (C=O) groups is 2. The molecule has 5 nitrogen and oxygen atoms in total. The van der Waals surface area contributed by atoms with E-state index in [1.54, 1.807) is 18.9 Å². The van der Waals surface area contributed by atoms with Crippen molar-refractivity contribution in [3.8, 4) is 5.75 Å². The first-order chi connectivity index (χ1) is 10.9. The van der Waals surface area contributed by atoms with E-state index in [2.05, 4.69) is 5.32 Å². The molecule has 0 spiro atoms. The zero-order valence-electron chi connectivity index (χ0n) is 14.8. The summed E-state index contributed by atoms with van der Waals surface area (Å²) in [5.41, 5.74) is 0.968. The van der Waals surface area contributed by atoms with Crippen molar-refractivity contribution in [3.63, 3.8) is 0 Å². The standard InChI is InChI=1S/C18H28N2O3/c1-6-13(3)19-18(22)14(4)20(17(21)7-2)12-15-8-10-16(23-5)11-9-15/h8-11,13-14H,6-7,12H2,1-5H3,(H,19,22)/t13-,14-/m0/s1. The van der Waals surface area contributed by atoms with Crippen molar-refractivity contribution in [2.45, 2.75) is 59.2 Å². The average Bonchev–Trinajstić information content (AvgIpc) is 2.58. The van der Waals surface area contributed by atoms with E-state index in [0.717, 1.165) is 17.7 Å². The number of ether oxygens (including phenoxy) is 1. The number of nitrogens with one attached hydrogen (secondary N) is 1. The Balaban J connectivity index is 2.86. The van der Waals surface area contributed by atoms with Crippen LogP contribution in [-0.2, 0) is 16.1 Å². The second-order valence-electron chi connectivity index (χ2n) is 5.72. The Morgan fingerprint density at radius 3 is 2.26 bits per heavy atom. The molecule has 1 N–H and O–H groups in total. The van der Waals surface area contributed by atoms with E-state index in [0.29, 0.717) is 13.0 Å². The summed E-state index contributed by atoms with van der Waals surface area (Å²) < 4.78 is 5.14. The molecule has 0 aliphatic carbocycles. The van der Waals surface area contributed by atoms with E-state index in [4.69, 9.17) is 4.74 Å². The summed E-state index contributed by atoms with van der Waals surface area (Å²) in [5, 5.41) is 2.94. The van der Waals surface area contributed by atoms with E-state index in [1.165, 1.54) is 0 Å². The molecule has 2 atom stereocenters. The summed E-state index contributed by atoms with van der Waals surface area (Å²) in [4.78, 5) is 26.2. The minimum Gasteiger partial charge on any atom is -0.497 e. The maximum atomic E-state index is 12.3. The molecule has 0 aliphatic heterocycles. The fraction of sp³-hybridized carbons (Fsp3) is 0.556. The Morgan fingerprint density at radius 2 is 1.78 bits per heavy atom. The van der Waals surface area contributed by atoms with Crippen molar-refractivity contribution >= 4 is 11.8 Å². The Morgan fingerprint density at radius 1 is 1.17 bits per heavy atom. The molecule has 0 saturated carbocycles. The zero-order valence-corrected chi connectivity index (χ0v) is 14.8. The van der Waals surface area contributed by atoms with E-state index in [9.17, 15) is 9.59 Å². The molecule has 0 fully saturated rings. The lowest BCUT2D eigenvalue weighted by Crippen LogP contribution is -2.49. The number of carbonyl (C=O) groups excluding carboxylic acids is 2. The van der Waals surface area contributed by atoms with Gasteiger partial charge in [0.25, 0.3) is 0 Å². The lowest BCUT2D eigenvalue weighted by molar-refractivity contribution is -0.140. The predicted octanol–water partition coefficient (Wildman–Crippen LogP) is 2.74. The minimum atomic E-state index is -0.501. The Labute approximate surface area is 139 Å². The summed E-state index contributed by atoms with van der Waals surface area (Å²) in [6, 6.07) is 7.13. The lowest BCUT2D eigenvalue weighted by Gasteiger charge is -2.29. The summed E-state index contributed by atoms with van der Waals surface area (Å²) in [6.07, 6.45) is 1.23. The van der Waals surface area contributed by atoms with Crippen molar-refractivity contribution in [1.82, 2.24) is 10.2 Å². The number of amides is 2. The van der Waals surface area contributed by atoms with Crippen LogP contribution in [0.15, 0.2) is 24.3 Å². The Bertz CT molecular complexity index is 514. The van der Waals surface area contributed by atoms with Crippen LogP contribution in [0.2, 0.25) is 0 Å². The van der Waals surface area contributed by atoms with Crippen molar-refractivity contribution in [2.75, 3.05) is 7.11 Å². The molecule has 1 aromatic rings. The number of rotatable bonds is 8. The smallest absolute Gasteiger partial charge is 0.242 e. The van der Waals surface area contributed by atoms with Gasteiger partial charge >= 0.3 is 0 Å². The molecule has 0 aliphatic rings. The molecule has 1 aromatic carbocycles. The van der Waals surface area contributed by atoms with Crippen molar-refractivity contribution in [3.05, 3.63) is 29.8 Å². The van der Waals surface area contributed by atoms with Gasteiger partial charge in [-0.05, 0) is 38.0 Å². The quantitative estimate of drug-likeness (QED) is 0.801. The molecule has 0 unspecified atom stereocenters. The van der Waals surface area contributed by atoms with Crippen LogP contribution in [0.25, 0.3) is 0 Å². The molecular weight excluding hydrogens is 292 g/mol. The zero-order chi connectivity index (χ0) is 17.4. The fourth-order valence-electron chi connectivity index (χ4n) is 2.18. The van der Waals surface area contributed by atoms with Crippen molar-refractivity contribution in [1.29, 1.82) is 0 Å². The van der Waals surface area contributed by atoms with Gasteiger partial charge in [-0.25, -0.2) is 0 Å². The van der Waals surface area contributed by atoms with Crippen LogP contribution in [0.3, 0.4) is 0 Å². The van der Waals surface area contributed by atoms with Crippen LogP contribution in [0.5, 0.6) is 5.75 Å². The van der Waals surface area contributed by atoms with Crippen LogP contribution >= 0.6 is 0 Å². The summed E-state index contributed by atoms with van der Waals surface area (Å²) in [6.45, 7) is 7.96. The Hall–Kier alpha value is -2.04. The van der Waals surface area contributed by atoms with Gasteiger partial charge in [0, 0.05) is 19.0 Å². The third-order valence-corrected chi connectivity index (χ3v) is 3.98. The number of benzene rings is 1. The first-order valence-electron chi connectivity index (χ1n) is 8.15. The van der Waals surface area contributed by atoms with Gasteiger partial charge in [-0.1, -0.05) is 26.0 Å². The third-order valence-electron chi connectivity index (χ3n) is 3.98. The highest BCUT2D eigenvalue weighted by Gasteiger charge is 2.25. The molecule has 128 valence electrons. The molecule has 23 heavy (non-hydrogen) atoms. The molecule has 2 amide bonds. The lowest BCUT2D eigenvalue weighted by atomic mass is 10.1. The van der Waals surface area contributed by atoms with Crippen LogP contribution in [0.4, 0.5) is 0 Å². The molecule has 5 heteroatoms. The van der Waals surface area contributed by atoms with Gasteiger partial charge in [-0.2, -0.15) is 0 Å². The summed E-state index contributed by atoms with van der Waals surface area (Å²) in [5.74, 6) is 0.618. The van der Waals surface area contributed by atoms with E-state index in [-0.39, 0.29) is 17.9 Å². The topological polar surface area (TPSA) is 58.6 Å². The average molecular weight is 320 g/mol. The number of hydrogen-bond acceptors (Lipinski definition) is 3. The molecule has 0 aromatic heterocycles. The SMILES string of the molecule is CCC(=O)N(Cc1ccc(OC)cc1)[C@@H](C)C(=O)N[C@@H](C)CC. The molecular formula is C18H28N2O3.